The molecule has 0 bridgehead atoms. The molecule has 0 radical (unpaired) electrons. The van der Waals surface area contributed by atoms with Gasteiger partial charge in [0.1, 0.15) is 6.04 Å². The van der Waals surface area contributed by atoms with E-state index in [2.05, 4.69) is 12.2 Å². The van der Waals surface area contributed by atoms with Crippen LogP contribution in [0.2, 0.25) is 0 Å². The lowest BCUT2D eigenvalue weighted by Crippen LogP contribution is -2.56. The van der Waals surface area contributed by atoms with E-state index in [-0.39, 0.29) is 11.9 Å². The number of rotatable bonds is 4. The lowest BCUT2D eigenvalue weighted by molar-refractivity contribution is -0.121. The highest BCUT2D eigenvalue weighted by atomic mass is 32.2. The van der Waals surface area contributed by atoms with Crippen molar-refractivity contribution in [3.8, 4) is 11.3 Å². The normalized spacial score (nSPS) is 20.0. The summed E-state index contributed by atoms with van der Waals surface area (Å²) in [5, 5.41) is 3.55. The van der Waals surface area contributed by atoms with E-state index < -0.39 is 16.8 Å². The molecule has 166 valence electrons. The molecule has 1 atom stereocenters. The molecule has 3 amide bonds. The molecule has 2 aromatic rings. The number of hydrogen-bond acceptors (Lipinski definition) is 5. The minimum Gasteiger partial charge on any atom is -0.323 e. The van der Waals surface area contributed by atoms with Crippen molar-refractivity contribution in [1.82, 2.24) is 14.8 Å². The largest absolute Gasteiger partial charge is 0.323 e. The number of urea groups is 1. The third-order valence-electron chi connectivity index (χ3n) is 5.80. The summed E-state index contributed by atoms with van der Waals surface area (Å²) in [7, 11) is -0.842. The molecular weight excluding hydrogens is 432 g/mol. The fourth-order valence-electron chi connectivity index (χ4n) is 4.10. The van der Waals surface area contributed by atoms with Gasteiger partial charge in [-0.15, -0.1) is 11.3 Å². The Hall–Kier alpha value is -2.26. The standard InChI is InChI=1S/C22H28N4O3S2/c1-2-18-19(16-8-4-3-5-9-16)23-21(30-18)24-20(27)17-10-6-7-11-26(17)22(28)25-12-14-31(29)15-13-25/h3-5,8-9,17H,2,6-7,10-15H2,1H3,(H,23,24,27)/t17-/m0/s1. The molecule has 2 fully saturated rings. The Kier molecular flexibility index (Phi) is 7.02. The molecule has 2 aliphatic heterocycles. The molecule has 31 heavy (non-hydrogen) atoms. The molecule has 2 aliphatic rings. The Labute approximate surface area is 189 Å². The van der Waals surface area contributed by atoms with Gasteiger partial charge in [-0.3, -0.25) is 9.00 Å². The molecule has 1 aromatic heterocycles. The molecule has 7 nitrogen and oxygen atoms in total. The first-order chi connectivity index (χ1) is 15.1. The zero-order valence-corrected chi connectivity index (χ0v) is 19.3. The smallest absolute Gasteiger partial charge is 0.320 e. The van der Waals surface area contributed by atoms with Crippen molar-refractivity contribution in [2.24, 2.45) is 0 Å². The monoisotopic (exact) mass is 460 g/mol. The average molecular weight is 461 g/mol. The van der Waals surface area contributed by atoms with Crippen LogP contribution in [-0.4, -0.2) is 68.1 Å². The van der Waals surface area contributed by atoms with E-state index >= 15 is 0 Å². The highest BCUT2D eigenvalue weighted by molar-refractivity contribution is 7.85. The van der Waals surface area contributed by atoms with Gasteiger partial charge in [0.15, 0.2) is 5.13 Å². The molecule has 0 aliphatic carbocycles. The average Bonchev–Trinajstić information content (AvgIpc) is 3.22. The van der Waals surface area contributed by atoms with Crippen LogP contribution in [0.3, 0.4) is 0 Å². The maximum Gasteiger partial charge on any atom is 0.320 e. The number of aryl methyl sites for hydroxylation is 1. The number of amides is 3. The quantitative estimate of drug-likeness (QED) is 0.759. The van der Waals surface area contributed by atoms with E-state index in [1.54, 1.807) is 9.80 Å². The van der Waals surface area contributed by atoms with Gasteiger partial charge in [0, 0.05) is 52.4 Å². The summed E-state index contributed by atoms with van der Waals surface area (Å²) in [6, 6.07) is 9.36. The third kappa shape index (κ3) is 4.98. The predicted molar refractivity (Wildman–Crippen MR) is 125 cm³/mol. The summed E-state index contributed by atoms with van der Waals surface area (Å²) in [5.74, 6) is 0.847. The second kappa shape index (κ2) is 9.91. The molecule has 0 unspecified atom stereocenters. The Morgan fingerprint density at radius 3 is 2.61 bits per heavy atom. The van der Waals surface area contributed by atoms with Crippen molar-refractivity contribution in [1.29, 1.82) is 0 Å². The fourth-order valence-corrected chi connectivity index (χ4v) is 6.08. The molecule has 4 rings (SSSR count). The molecule has 1 N–H and O–H groups in total. The minimum atomic E-state index is -0.842. The predicted octanol–water partition coefficient (Wildman–Crippen LogP) is 3.35. The van der Waals surface area contributed by atoms with E-state index in [9.17, 15) is 13.8 Å². The fraction of sp³-hybridized carbons (Fsp3) is 0.500. The van der Waals surface area contributed by atoms with Gasteiger partial charge in [-0.2, -0.15) is 0 Å². The first-order valence-electron chi connectivity index (χ1n) is 10.8. The molecule has 1 aromatic carbocycles. The van der Waals surface area contributed by atoms with Crippen LogP contribution in [0.25, 0.3) is 11.3 Å². The number of carbonyl (C=O) groups excluding carboxylic acids is 2. The molecule has 2 saturated heterocycles. The van der Waals surface area contributed by atoms with Crippen LogP contribution in [-0.2, 0) is 22.0 Å². The second-order valence-electron chi connectivity index (χ2n) is 7.82. The number of nitrogens with zero attached hydrogens (tertiary/aromatic N) is 3. The van der Waals surface area contributed by atoms with Gasteiger partial charge in [-0.25, -0.2) is 9.78 Å². The number of carbonyl (C=O) groups is 2. The maximum atomic E-state index is 13.2. The van der Waals surface area contributed by atoms with Crippen LogP contribution in [0.15, 0.2) is 30.3 Å². The van der Waals surface area contributed by atoms with E-state index in [1.165, 1.54) is 11.3 Å². The molecular formula is C22H28N4O3S2. The summed E-state index contributed by atoms with van der Waals surface area (Å²) in [6.07, 6.45) is 3.29. The molecule has 0 spiro atoms. The highest BCUT2D eigenvalue weighted by Gasteiger charge is 2.35. The van der Waals surface area contributed by atoms with Crippen molar-refractivity contribution >= 4 is 39.2 Å². The first kappa shape index (κ1) is 22.0. The number of anilines is 1. The van der Waals surface area contributed by atoms with Crippen LogP contribution in [0.5, 0.6) is 0 Å². The van der Waals surface area contributed by atoms with E-state index in [0.717, 1.165) is 35.4 Å². The summed E-state index contributed by atoms with van der Waals surface area (Å²) in [5.41, 5.74) is 1.94. The number of piperidine rings is 1. The number of aromatic nitrogens is 1. The molecule has 3 heterocycles. The van der Waals surface area contributed by atoms with Crippen LogP contribution in [0.1, 0.15) is 31.1 Å². The molecule has 9 heteroatoms. The summed E-state index contributed by atoms with van der Waals surface area (Å²) < 4.78 is 11.6. The lowest BCUT2D eigenvalue weighted by atomic mass is 10.0. The van der Waals surface area contributed by atoms with Gasteiger partial charge in [-0.1, -0.05) is 37.3 Å². The van der Waals surface area contributed by atoms with E-state index in [4.69, 9.17) is 4.98 Å². The minimum absolute atomic E-state index is 0.116. The van der Waals surface area contributed by atoms with Crippen LogP contribution >= 0.6 is 11.3 Å². The Morgan fingerprint density at radius 1 is 1.16 bits per heavy atom. The summed E-state index contributed by atoms with van der Waals surface area (Å²) in [4.78, 5) is 35.5. The van der Waals surface area contributed by atoms with E-state index in [0.29, 0.717) is 42.7 Å². The second-order valence-corrected chi connectivity index (χ2v) is 10.6. The zero-order valence-electron chi connectivity index (χ0n) is 17.7. The first-order valence-corrected chi connectivity index (χ1v) is 13.1. The van der Waals surface area contributed by atoms with E-state index in [1.807, 2.05) is 30.3 Å². The van der Waals surface area contributed by atoms with Crippen molar-refractivity contribution in [3.63, 3.8) is 0 Å². The number of nitrogens with one attached hydrogen (secondary N) is 1. The SMILES string of the molecule is CCc1sc(NC(=O)[C@@H]2CCCCN2C(=O)N2CCS(=O)CC2)nc1-c1ccccc1. The van der Waals surface area contributed by atoms with Crippen molar-refractivity contribution in [3.05, 3.63) is 35.2 Å². The Morgan fingerprint density at radius 2 is 1.90 bits per heavy atom. The number of hydrogen-bond donors (Lipinski definition) is 1. The molecule has 0 saturated carbocycles. The van der Waals surface area contributed by atoms with Gasteiger partial charge < -0.3 is 15.1 Å². The number of likely N-dealkylation sites (tertiary alicyclic amines) is 1. The van der Waals surface area contributed by atoms with Crippen molar-refractivity contribution in [2.45, 2.75) is 38.6 Å². The van der Waals surface area contributed by atoms with Crippen LogP contribution < -0.4 is 5.32 Å². The van der Waals surface area contributed by atoms with Gasteiger partial charge in [0.25, 0.3) is 0 Å². The van der Waals surface area contributed by atoms with Crippen LogP contribution in [0, 0.1) is 0 Å². The van der Waals surface area contributed by atoms with Crippen molar-refractivity contribution < 1.29 is 13.8 Å². The number of thiazole rings is 1. The van der Waals surface area contributed by atoms with Gasteiger partial charge in [0.05, 0.1) is 5.69 Å². The topological polar surface area (TPSA) is 82.6 Å². The van der Waals surface area contributed by atoms with Gasteiger partial charge in [0.2, 0.25) is 5.91 Å². The Balaban J connectivity index is 1.48. The zero-order chi connectivity index (χ0) is 21.8. The highest BCUT2D eigenvalue weighted by Crippen LogP contribution is 2.32. The maximum absolute atomic E-state index is 13.2. The van der Waals surface area contributed by atoms with Crippen LogP contribution in [0.4, 0.5) is 9.93 Å². The number of benzene rings is 1. The van der Waals surface area contributed by atoms with Crippen molar-refractivity contribution in [2.75, 3.05) is 36.5 Å². The third-order valence-corrected chi connectivity index (χ3v) is 8.19. The summed E-state index contributed by atoms with van der Waals surface area (Å²) >= 11 is 1.49. The summed E-state index contributed by atoms with van der Waals surface area (Å²) in [6.45, 7) is 3.63. The van der Waals surface area contributed by atoms with Gasteiger partial charge >= 0.3 is 6.03 Å². The lowest BCUT2D eigenvalue weighted by Gasteiger charge is -2.39. The Bertz CT molecular complexity index is 953. The van der Waals surface area contributed by atoms with Gasteiger partial charge in [-0.05, 0) is 25.7 Å².